The summed E-state index contributed by atoms with van der Waals surface area (Å²) in [5.41, 5.74) is 2.59. The molecule has 0 radical (unpaired) electrons. The van der Waals surface area contributed by atoms with E-state index < -0.39 is 0 Å². The maximum absolute atomic E-state index is 12.2. The minimum Gasteiger partial charge on any atom is -0.320 e. The first-order valence-corrected chi connectivity index (χ1v) is 6.66. The number of nitrogens with zero attached hydrogens (tertiary/aromatic N) is 3. The summed E-state index contributed by atoms with van der Waals surface area (Å²) in [6.07, 6.45) is 4.86. The normalized spacial score (nSPS) is 10.4. The molecule has 2 heterocycles. The van der Waals surface area contributed by atoms with Crippen molar-refractivity contribution in [2.75, 3.05) is 5.32 Å². The second kappa shape index (κ2) is 5.34. The molecule has 1 amide bonds. The zero-order chi connectivity index (χ0) is 13.9. The second-order valence-corrected chi connectivity index (χ2v) is 4.81. The van der Waals surface area contributed by atoms with Gasteiger partial charge in [0.15, 0.2) is 0 Å². The number of carbonyl (C=O) groups excluding carboxylic acids is 1. The first-order chi connectivity index (χ1) is 9.74. The molecule has 3 aromatic rings. The molecule has 1 aromatic carbocycles. The molecule has 2 aromatic heterocycles. The van der Waals surface area contributed by atoms with Gasteiger partial charge in [0.1, 0.15) is 4.60 Å². The van der Waals surface area contributed by atoms with Crippen molar-refractivity contribution in [1.82, 2.24) is 15.0 Å². The Hall–Kier alpha value is -2.34. The van der Waals surface area contributed by atoms with Crippen molar-refractivity contribution >= 4 is 38.6 Å². The molecule has 0 aliphatic carbocycles. The zero-order valence-electron chi connectivity index (χ0n) is 10.2. The Balaban J connectivity index is 1.91. The van der Waals surface area contributed by atoms with Crippen LogP contribution in [0.2, 0.25) is 0 Å². The molecule has 0 atom stereocenters. The zero-order valence-corrected chi connectivity index (χ0v) is 11.8. The van der Waals surface area contributed by atoms with E-state index in [1.807, 2.05) is 0 Å². The third-order valence-corrected chi connectivity index (χ3v) is 3.37. The van der Waals surface area contributed by atoms with Gasteiger partial charge in [-0.1, -0.05) is 0 Å². The first kappa shape index (κ1) is 12.7. The molecule has 0 saturated carbocycles. The molecule has 3 rings (SSSR count). The van der Waals surface area contributed by atoms with Crippen LogP contribution in [0.1, 0.15) is 10.4 Å². The highest BCUT2D eigenvalue weighted by Gasteiger charge is 2.09. The van der Waals surface area contributed by atoms with Gasteiger partial charge in [0.2, 0.25) is 0 Å². The van der Waals surface area contributed by atoms with Crippen molar-refractivity contribution in [1.29, 1.82) is 0 Å². The van der Waals surface area contributed by atoms with Gasteiger partial charge in [0.25, 0.3) is 5.91 Å². The van der Waals surface area contributed by atoms with E-state index in [1.54, 1.807) is 48.9 Å². The highest BCUT2D eigenvalue weighted by molar-refractivity contribution is 9.10. The van der Waals surface area contributed by atoms with Gasteiger partial charge in [0, 0.05) is 24.2 Å². The molecule has 0 fully saturated rings. The summed E-state index contributed by atoms with van der Waals surface area (Å²) in [5, 5.41) is 2.79. The minimum absolute atomic E-state index is 0.216. The van der Waals surface area contributed by atoms with E-state index in [0.29, 0.717) is 21.4 Å². The van der Waals surface area contributed by atoms with Gasteiger partial charge in [-0.2, -0.15) is 0 Å². The topological polar surface area (TPSA) is 67.8 Å². The quantitative estimate of drug-likeness (QED) is 0.734. The van der Waals surface area contributed by atoms with E-state index in [4.69, 9.17) is 0 Å². The van der Waals surface area contributed by atoms with Crippen molar-refractivity contribution in [3.05, 3.63) is 59.1 Å². The van der Waals surface area contributed by atoms with Crippen LogP contribution >= 0.6 is 15.9 Å². The number of benzene rings is 1. The van der Waals surface area contributed by atoms with Gasteiger partial charge >= 0.3 is 0 Å². The molecule has 6 heteroatoms. The molecule has 0 bridgehead atoms. The molecular weight excluding hydrogens is 320 g/mol. The Bertz CT molecular complexity index is 791. The molecule has 0 saturated heterocycles. The molecule has 0 aliphatic heterocycles. The van der Waals surface area contributed by atoms with Crippen LogP contribution in [0, 0.1) is 0 Å². The highest BCUT2D eigenvalue weighted by atomic mass is 79.9. The van der Waals surface area contributed by atoms with Crippen molar-refractivity contribution < 1.29 is 4.79 Å². The molecule has 5 nitrogen and oxygen atoms in total. The molecule has 98 valence electrons. The summed E-state index contributed by atoms with van der Waals surface area (Å²) in [4.78, 5) is 24.6. The summed E-state index contributed by atoms with van der Waals surface area (Å²) in [6, 6.07) is 8.73. The average Bonchev–Trinajstić information content (AvgIpc) is 2.49. The van der Waals surface area contributed by atoms with Gasteiger partial charge in [0.05, 0.1) is 16.7 Å². The molecular formula is C14H9BrN4O. The maximum atomic E-state index is 12.2. The molecule has 0 aliphatic rings. The standard InChI is InChI=1S/C14H9BrN4O/c15-13-11(2-1-5-18-13)19-14(20)9-3-4-10-12(8-9)17-7-6-16-10/h1-8H,(H,19,20). The van der Waals surface area contributed by atoms with Crippen LogP contribution in [0.3, 0.4) is 0 Å². The fourth-order valence-corrected chi connectivity index (χ4v) is 2.13. The largest absolute Gasteiger partial charge is 0.320 e. The van der Waals surface area contributed by atoms with Gasteiger partial charge in [-0.15, -0.1) is 0 Å². The van der Waals surface area contributed by atoms with Crippen LogP contribution in [0.5, 0.6) is 0 Å². The number of halogens is 1. The number of carbonyl (C=O) groups is 1. The van der Waals surface area contributed by atoms with Crippen molar-refractivity contribution in [2.24, 2.45) is 0 Å². The minimum atomic E-state index is -0.216. The number of hydrogen-bond donors (Lipinski definition) is 1. The van der Waals surface area contributed by atoms with Gasteiger partial charge in [-0.05, 0) is 46.3 Å². The molecule has 0 unspecified atom stereocenters. The summed E-state index contributed by atoms with van der Waals surface area (Å²) in [7, 11) is 0. The summed E-state index contributed by atoms with van der Waals surface area (Å²) >= 11 is 3.29. The van der Waals surface area contributed by atoms with E-state index in [1.165, 1.54) is 0 Å². The second-order valence-electron chi connectivity index (χ2n) is 4.06. The van der Waals surface area contributed by atoms with Gasteiger partial charge in [-0.25, -0.2) is 4.98 Å². The molecule has 20 heavy (non-hydrogen) atoms. The summed E-state index contributed by atoms with van der Waals surface area (Å²) < 4.78 is 0.592. The maximum Gasteiger partial charge on any atom is 0.255 e. The lowest BCUT2D eigenvalue weighted by Gasteiger charge is -2.06. The Kier molecular flexibility index (Phi) is 3.39. The predicted octanol–water partition coefficient (Wildman–Crippen LogP) is 3.04. The lowest BCUT2D eigenvalue weighted by Crippen LogP contribution is -2.12. The van der Waals surface area contributed by atoms with Crippen molar-refractivity contribution in [2.45, 2.75) is 0 Å². The summed E-state index contributed by atoms with van der Waals surface area (Å²) in [5.74, 6) is -0.216. The average molecular weight is 329 g/mol. The molecule has 1 N–H and O–H groups in total. The van der Waals surface area contributed by atoms with Gasteiger partial charge < -0.3 is 5.32 Å². The Labute approximate surface area is 123 Å². The number of pyridine rings is 1. The monoisotopic (exact) mass is 328 g/mol. The van der Waals surface area contributed by atoms with Crippen LogP contribution in [-0.4, -0.2) is 20.9 Å². The van der Waals surface area contributed by atoms with E-state index in [-0.39, 0.29) is 5.91 Å². The number of aromatic nitrogens is 3. The van der Waals surface area contributed by atoms with E-state index in [0.717, 1.165) is 5.52 Å². The smallest absolute Gasteiger partial charge is 0.255 e. The number of rotatable bonds is 2. The Morgan fingerprint density at radius 2 is 1.80 bits per heavy atom. The van der Waals surface area contributed by atoms with Crippen LogP contribution in [0.25, 0.3) is 11.0 Å². The molecule has 0 spiro atoms. The van der Waals surface area contributed by atoms with Gasteiger partial charge in [-0.3, -0.25) is 14.8 Å². The Morgan fingerprint density at radius 1 is 1.00 bits per heavy atom. The van der Waals surface area contributed by atoms with Crippen molar-refractivity contribution in [3.8, 4) is 0 Å². The van der Waals surface area contributed by atoms with E-state index in [9.17, 15) is 4.79 Å². The summed E-state index contributed by atoms with van der Waals surface area (Å²) in [6.45, 7) is 0. The SMILES string of the molecule is O=C(Nc1cccnc1Br)c1ccc2nccnc2c1. The number of nitrogens with one attached hydrogen (secondary N) is 1. The third-order valence-electron chi connectivity index (χ3n) is 2.74. The van der Waals surface area contributed by atoms with Crippen LogP contribution in [0.15, 0.2) is 53.5 Å². The fourth-order valence-electron chi connectivity index (χ4n) is 1.78. The van der Waals surface area contributed by atoms with E-state index in [2.05, 4.69) is 36.2 Å². The van der Waals surface area contributed by atoms with Crippen LogP contribution in [0.4, 0.5) is 5.69 Å². The van der Waals surface area contributed by atoms with E-state index >= 15 is 0 Å². The number of amides is 1. The first-order valence-electron chi connectivity index (χ1n) is 5.87. The third kappa shape index (κ3) is 2.50. The number of anilines is 1. The van der Waals surface area contributed by atoms with Crippen LogP contribution in [-0.2, 0) is 0 Å². The van der Waals surface area contributed by atoms with Crippen LogP contribution < -0.4 is 5.32 Å². The fraction of sp³-hybridized carbons (Fsp3) is 0. The number of fused-ring (bicyclic) bond motifs is 1. The lowest BCUT2D eigenvalue weighted by atomic mass is 10.2. The number of hydrogen-bond acceptors (Lipinski definition) is 4. The predicted molar refractivity (Wildman–Crippen MR) is 79.4 cm³/mol. The Morgan fingerprint density at radius 3 is 2.60 bits per heavy atom. The lowest BCUT2D eigenvalue weighted by molar-refractivity contribution is 0.102. The van der Waals surface area contributed by atoms with Crippen molar-refractivity contribution in [3.63, 3.8) is 0 Å². The highest BCUT2D eigenvalue weighted by Crippen LogP contribution is 2.19.